The van der Waals surface area contributed by atoms with Crippen molar-refractivity contribution in [2.45, 2.75) is 45.6 Å². The third kappa shape index (κ3) is 3.54. The molecule has 2 nitrogen and oxygen atoms in total. The van der Waals surface area contributed by atoms with Crippen molar-refractivity contribution in [2.75, 3.05) is 6.54 Å². The van der Waals surface area contributed by atoms with Crippen LogP contribution in [-0.4, -0.2) is 11.5 Å². The van der Waals surface area contributed by atoms with Gasteiger partial charge in [0.1, 0.15) is 0 Å². The van der Waals surface area contributed by atoms with Gasteiger partial charge in [0, 0.05) is 17.6 Å². The molecule has 19 heavy (non-hydrogen) atoms. The van der Waals surface area contributed by atoms with Gasteiger partial charge in [0.05, 0.1) is 5.52 Å². The van der Waals surface area contributed by atoms with Crippen LogP contribution in [-0.2, 0) is 0 Å². The number of hydrogen-bond donors (Lipinski definition) is 1. The van der Waals surface area contributed by atoms with Crippen LogP contribution in [0, 0.1) is 0 Å². The van der Waals surface area contributed by atoms with Gasteiger partial charge in [-0.3, -0.25) is 4.98 Å². The SMILES string of the molecule is CCCCC(NCCC)c1cccc2cccnc12. The Kier molecular flexibility index (Phi) is 5.34. The van der Waals surface area contributed by atoms with Gasteiger partial charge < -0.3 is 5.32 Å². The van der Waals surface area contributed by atoms with Crippen LogP contribution in [0.2, 0.25) is 0 Å². The Balaban J connectivity index is 2.31. The topological polar surface area (TPSA) is 24.9 Å². The number of benzene rings is 1. The first kappa shape index (κ1) is 14.0. The fourth-order valence-corrected chi connectivity index (χ4v) is 2.50. The van der Waals surface area contributed by atoms with E-state index in [0.717, 1.165) is 12.1 Å². The fourth-order valence-electron chi connectivity index (χ4n) is 2.50. The van der Waals surface area contributed by atoms with E-state index in [1.807, 2.05) is 12.3 Å². The van der Waals surface area contributed by atoms with Crippen molar-refractivity contribution in [3.05, 3.63) is 42.1 Å². The Morgan fingerprint density at radius 1 is 1.11 bits per heavy atom. The summed E-state index contributed by atoms with van der Waals surface area (Å²) in [6.45, 7) is 5.53. The molecular formula is C17H24N2. The monoisotopic (exact) mass is 256 g/mol. The third-order valence-electron chi connectivity index (χ3n) is 3.53. The van der Waals surface area contributed by atoms with Crippen LogP contribution >= 0.6 is 0 Å². The van der Waals surface area contributed by atoms with Gasteiger partial charge >= 0.3 is 0 Å². The second kappa shape index (κ2) is 7.25. The summed E-state index contributed by atoms with van der Waals surface area (Å²) >= 11 is 0. The van der Waals surface area contributed by atoms with Crippen molar-refractivity contribution >= 4 is 10.9 Å². The zero-order valence-electron chi connectivity index (χ0n) is 12.0. The maximum Gasteiger partial charge on any atom is 0.0749 e. The second-order valence-electron chi connectivity index (χ2n) is 5.07. The molecule has 2 aromatic rings. The number of aromatic nitrogens is 1. The molecule has 1 aromatic carbocycles. The van der Waals surface area contributed by atoms with Crippen molar-refractivity contribution in [1.29, 1.82) is 0 Å². The van der Waals surface area contributed by atoms with Crippen LogP contribution in [0.1, 0.15) is 51.1 Å². The highest BCUT2D eigenvalue weighted by atomic mass is 14.9. The molecule has 1 heterocycles. The van der Waals surface area contributed by atoms with Gasteiger partial charge in [-0.25, -0.2) is 0 Å². The lowest BCUT2D eigenvalue weighted by Crippen LogP contribution is -2.22. The van der Waals surface area contributed by atoms with E-state index >= 15 is 0 Å². The lowest BCUT2D eigenvalue weighted by Gasteiger charge is -2.20. The highest BCUT2D eigenvalue weighted by Gasteiger charge is 2.13. The summed E-state index contributed by atoms with van der Waals surface area (Å²) in [4.78, 5) is 4.58. The summed E-state index contributed by atoms with van der Waals surface area (Å²) in [5.41, 5.74) is 2.50. The molecule has 0 amide bonds. The summed E-state index contributed by atoms with van der Waals surface area (Å²) < 4.78 is 0. The van der Waals surface area contributed by atoms with Gasteiger partial charge in [0.2, 0.25) is 0 Å². The minimum absolute atomic E-state index is 0.429. The molecule has 0 aliphatic heterocycles. The molecule has 1 unspecified atom stereocenters. The predicted octanol–water partition coefficient (Wildman–Crippen LogP) is 4.47. The lowest BCUT2D eigenvalue weighted by molar-refractivity contribution is 0.483. The van der Waals surface area contributed by atoms with Crippen molar-refractivity contribution in [1.82, 2.24) is 10.3 Å². The minimum atomic E-state index is 0.429. The van der Waals surface area contributed by atoms with E-state index in [9.17, 15) is 0 Å². The van der Waals surface area contributed by atoms with E-state index in [0.29, 0.717) is 6.04 Å². The maximum atomic E-state index is 4.58. The number of hydrogen-bond acceptors (Lipinski definition) is 2. The first-order chi connectivity index (χ1) is 9.36. The highest BCUT2D eigenvalue weighted by Crippen LogP contribution is 2.26. The molecule has 1 N–H and O–H groups in total. The Bertz CT molecular complexity index is 494. The number of rotatable bonds is 7. The second-order valence-corrected chi connectivity index (χ2v) is 5.07. The molecular weight excluding hydrogens is 232 g/mol. The van der Waals surface area contributed by atoms with Crippen LogP contribution < -0.4 is 5.32 Å². The molecule has 1 atom stereocenters. The van der Waals surface area contributed by atoms with Crippen molar-refractivity contribution in [3.8, 4) is 0 Å². The molecule has 0 aliphatic carbocycles. The Morgan fingerprint density at radius 3 is 2.74 bits per heavy atom. The van der Waals surface area contributed by atoms with Gasteiger partial charge in [-0.1, -0.05) is 51.0 Å². The summed E-state index contributed by atoms with van der Waals surface area (Å²) in [6, 6.07) is 11.1. The van der Waals surface area contributed by atoms with Crippen LogP contribution in [0.3, 0.4) is 0 Å². The largest absolute Gasteiger partial charge is 0.310 e. The van der Waals surface area contributed by atoms with E-state index < -0.39 is 0 Å². The Labute approximate surface area is 116 Å². The number of nitrogens with zero attached hydrogens (tertiary/aromatic N) is 1. The molecule has 2 rings (SSSR count). The predicted molar refractivity (Wildman–Crippen MR) is 82.3 cm³/mol. The standard InChI is InChI=1S/C17H24N2/c1-3-5-11-16(18-12-4-2)15-10-6-8-14-9-7-13-19-17(14)15/h6-10,13,16,18H,3-5,11-12H2,1-2H3. The first-order valence-corrected chi connectivity index (χ1v) is 7.43. The molecule has 0 bridgehead atoms. The van der Waals surface area contributed by atoms with Crippen LogP contribution in [0.25, 0.3) is 10.9 Å². The molecule has 2 heteroatoms. The fraction of sp³-hybridized carbons (Fsp3) is 0.471. The average molecular weight is 256 g/mol. The summed E-state index contributed by atoms with van der Waals surface area (Å²) in [7, 11) is 0. The minimum Gasteiger partial charge on any atom is -0.310 e. The maximum absolute atomic E-state index is 4.58. The van der Waals surface area contributed by atoms with E-state index in [2.05, 4.69) is 48.4 Å². The first-order valence-electron chi connectivity index (χ1n) is 7.43. The van der Waals surface area contributed by atoms with Gasteiger partial charge in [-0.15, -0.1) is 0 Å². The van der Waals surface area contributed by atoms with Crippen LogP contribution in [0.4, 0.5) is 0 Å². The van der Waals surface area contributed by atoms with Crippen molar-refractivity contribution in [2.24, 2.45) is 0 Å². The zero-order chi connectivity index (χ0) is 13.5. The molecule has 0 saturated carbocycles. The molecule has 0 saturated heterocycles. The highest BCUT2D eigenvalue weighted by molar-refractivity contribution is 5.81. The molecule has 1 aromatic heterocycles. The number of para-hydroxylation sites is 1. The molecule has 0 radical (unpaired) electrons. The summed E-state index contributed by atoms with van der Waals surface area (Å²) in [6.07, 6.45) is 6.74. The number of nitrogens with one attached hydrogen (secondary N) is 1. The Hall–Kier alpha value is -1.41. The molecule has 0 aliphatic rings. The number of fused-ring (bicyclic) bond motifs is 1. The van der Waals surface area contributed by atoms with Gasteiger partial charge in [0.15, 0.2) is 0 Å². The summed E-state index contributed by atoms with van der Waals surface area (Å²) in [5.74, 6) is 0. The van der Waals surface area contributed by atoms with E-state index in [4.69, 9.17) is 0 Å². The third-order valence-corrected chi connectivity index (χ3v) is 3.53. The number of pyridine rings is 1. The number of unbranched alkanes of at least 4 members (excludes halogenated alkanes) is 1. The summed E-state index contributed by atoms with van der Waals surface area (Å²) in [5, 5.41) is 4.91. The Morgan fingerprint density at radius 2 is 1.95 bits per heavy atom. The van der Waals surface area contributed by atoms with Gasteiger partial charge in [-0.05, 0) is 31.0 Å². The lowest BCUT2D eigenvalue weighted by atomic mass is 9.98. The molecule has 102 valence electrons. The van der Waals surface area contributed by atoms with Crippen LogP contribution in [0.15, 0.2) is 36.5 Å². The van der Waals surface area contributed by atoms with Crippen molar-refractivity contribution < 1.29 is 0 Å². The zero-order valence-corrected chi connectivity index (χ0v) is 12.0. The van der Waals surface area contributed by atoms with E-state index in [-0.39, 0.29) is 0 Å². The molecule has 0 spiro atoms. The molecule has 0 fully saturated rings. The normalized spacial score (nSPS) is 12.7. The van der Waals surface area contributed by atoms with E-state index in [1.165, 1.54) is 36.6 Å². The quantitative estimate of drug-likeness (QED) is 0.790. The average Bonchev–Trinajstić information content (AvgIpc) is 2.47. The smallest absolute Gasteiger partial charge is 0.0749 e. The van der Waals surface area contributed by atoms with Crippen molar-refractivity contribution in [3.63, 3.8) is 0 Å². The van der Waals surface area contributed by atoms with Crippen LogP contribution in [0.5, 0.6) is 0 Å². The van der Waals surface area contributed by atoms with Gasteiger partial charge in [0.25, 0.3) is 0 Å². The van der Waals surface area contributed by atoms with Gasteiger partial charge in [-0.2, -0.15) is 0 Å². The van der Waals surface area contributed by atoms with E-state index in [1.54, 1.807) is 0 Å².